The van der Waals surface area contributed by atoms with Crippen molar-refractivity contribution in [2.24, 2.45) is 0 Å². The molecule has 0 aliphatic carbocycles. The lowest BCUT2D eigenvalue weighted by Crippen LogP contribution is -1.78. The molecule has 0 aromatic rings. The first-order valence-electron chi connectivity index (χ1n) is 5.51. The molecule has 0 heterocycles. The van der Waals surface area contributed by atoms with E-state index in [9.17, 15) is 0 Å². The number of aliphatic carboxylic acids is 1. The molecule has 0 bridgehead atoms. The number of carboxylic acids is 1. The standard InChI is InChI=1S/C7H16.C2H3N.C2H4O2.CH4O/c1-3-5-7-6-4-2;1-2-3;1-2(3)4;1-2/h3-7H2,1-2H3;1H3;1H3,(H,3,4);2H,1H3. The van der Waals surface area contributed by atoms with Gasteiger partial charge in [-0.15, -0.1) is 0 Å². The van der Waals surface area contributed by atoms with Gasteiger partial charge in [-0.3, -0.25) is 4.79 Å². The lowest BCUT2D eigenvalue weighted by atomic mass is 10.2. The van der Waals surface area contributed by atoms with Crippen LogP contribution in [0.3, 0.4) is 0 Å². The van der Waals surface area contributed by atoms with Crippen molar-refractivity contribution in [2.45, 2.75) is 59.8 Å². The number of rotatable bonds is 4. The van der Waals surface area contributed by atoms with E-state index in [-0.39, 0.29) is 0 Å². The van der Waals surface area contributed by atoms with Crippen LogP contribution >= 0.6 is 0 Å². The summed E-state index contributed by atoms with van der Waals surface area (Å²) in [5, 5.41) is 21.7. The Kier molecular flexibility index (Phi) is 56.1. The molecule has 0 unspecified atom stereocenters. The highest BCUT2D eigenvalue weighted by Gasteiger charge is 1.80. The van der Waals surface area contributed by atoms with Crippen LogP contribution in [0, 0.1) is 11.3 Å². The molecule has 0 aliphatic heterocycles. The summed E-state index contributed by atoms with van der Waals surface area (Å²) in [5.74, 6) is -0.833. The molecular formula is C12H27NO3. The number of unbranched alkanes of at least 4 members (excludes halogenated alkanes) is 4. The molecule has 0 spiro atoms. The van der Waals surface area contributed by atoms with Crippen molar-refractivity contribution in [2.75, 3.05) is 7.11 Å². The maximum absolute atomic E-state index is 9.00. The van der Waals surface area contributed by atoms with Gasteiger partial charge in [0.2, 0.25) is 0 Å². The van der Waals surface area contributed by atoms with Crippen LogP contribution < -0.4 is 0 Å². The molecule has 0 fully saturated rings. The Bertz CT molecular complexity index is 134. The fourth-order valence-corrected chi connectivity index (χ4v) is 0.677. The topological polar surface area (TPSA) is 81.3 Å². The van der Waals surface area contributed by atoms with Crippen LogP contribution in [0.15, 0.2) is 0 Å². The first-order valence-corrected chi connectivity index (χ1v) is 5.51. The maximum atomic E-state index is 9.00. The molecule has 4 heteroatoms. The van der Waals surface area contributed by atoms with Crippen molar-refractivity contribution in [1.82, 2.24) is 0 Å². The number of aliphatic hydroxyl groups is 1. The van der Waals surface area contributed by atoms with Crippen LogP contribution in [0.4, 0.5) is 0 Å². The molecule has 0 aromatic heterocycles. The van der Waals surface area contributed by atoms with Gasteiger partial charge in [-0.1, -0.05) is 46.0 Å². The lowest BCUT2D eigenvalue weighted by Gasteiger charge is -1.90. The fraction of sp³-hybridized carbons (Fsp3) is 0.833. The summed E-state index contributed by atoms with van der Waals surface area (Å²) in [5.41, 5.74) is 0. The lowest BCUT2D eigenvalue weighted by molar-refractivity contribution is -0.134. The average Bonchev–Trinajstić information content (AvgIpc) is 2.22. The van der Waals surface area contributed by atoms with Crippen LogP contribution in [0.25, 0.3) is 0 Å². The molecule has 0 radical (unpaired) electrons. The summed E-state index contributed by atoms with van der Waals surface area (Å²) in [7, 11) is 1.00. The van der Waals surface area contributed by atoms with Crippen molar-refractivity contribution in [3.05, 3.63) is 0 Å². The summed E-state index contributed by atoms with van der Waals surface area (Å²) in [6.07, 6.45) is 7.01. The molecule has 0 atom stereocenters. The Labute approximate surface area is 99.9 Å². The highest BCUT2D eigenvalue weighted by Crippen LogP contribution is 2.00. The van der Waals surface area contributed by atoms with Crippen LogP contribution in [-0.4, -0.2) is 23.3 Å². The van der Waals surface area contributed by atoms with Gasteiger partial charge in [0, 0.05) is 21.0 Å². The Morgan fingerprint density at radius 1 is 1.12 bits per heavy atom. The van der Waals surface area contributed by atoms with E-state index in [0.29, 0.717) is 0 Å². The molecule has 0 aromatic carbocycles. The smallest absolute Gasteiger partial charge is 0.300 e. The van der Waals surface area contributed by atoms with Gasteiger partial charge in [0.25, 0.3) is 5.97 Å². The minimum Gasteiger partial charge on any atom is -0.481 e. The predicted molar refractivity (Wildman–Crippen MR) is 67.2 cm³/mol. The van der Waals surface area contributed by atoms with Crippen LogP contribution in [0.2, 0.25) is 0 Å². The molecule has 0 amide bonds. The number of aliphatic hydroxyl groups excluding tert-OH is 1. The summed E-state index contributed by atoms with van der Waals surface area (Å²) >= 11 is 0. The van der Waals surface area contributed by atoms with E-state index in [0.717, 1.165) is 14.0 Å². The van der Waals surface area contributed by atoms with Gasteiger partial charge in [-0.2, -0.15) is 5.26 Å². The van der Waals surface area contributed by atoms with Crippen molar-refractivity contribution < 1.29 is 15.0 Å². The average molecular weight is 233 g/mol. The van der Waals surface area contributed by atoms with Gasteiger partial charge in [-0.25, -0.2) is 0 Å². The Morgan fingerprint density at radius 3 is 1.44 bits per heavy atom. The van der Waals surface area contributed by atoms with E-state index in [1.807, 2.05) is 0 Å². The van der Waals surface area contributed by atoms with Gasteiger partial charge in [0.05, 0.1) is 6.07 Å². The molecule has 4 nitrogen and oxygen atoms in total. The van der Waals surface area contributed by atoms with E-state index in [2.05, 4.69) is 13.8 Å². The monoisotopic (exact) mass is 233 g/mol. The van der Waals surface area contributed by atoms with Gasteiger partial charge >= 0.3 is 0 Å². The molecule has 16 heavy (non-hydrogen) atoms. The zero-order valence-corrected chi connectivity index (χ0v) is 11.3. The molecule has 0 rings (SSSR count). The van der Waals surface area contributed by atoms with Crippen LogP contribution in [0.5, 0.6) is 0 Å². The predicted octanol–water partition coefficient (Wildman–Crippen LogP) is 3.21. The number of hydrogen-bond donors (Lipinski definition) is 2. The summed E-state index contributed by atoms with van der Waals surface area (Å²) in [6.45, 7) is 7.01. The molecule has 98 valence electrons. The number of nitriles is 1. The third-order valence-electron chi connectivity index (χ3n) is 1.21. The summed E-state index contributed by atoms with van der Waals surface area (Å²) in [6, 6.07) is 1.75. The minimum atomic E-state index is -0.833. The SMILES string of the molecule is CC#N.CC(=O)O.CCCCCCC.CO. The first kappa shape index (κ1) is 24.2. The number of nitrogens with zero attached hydrogens (tertiary/aromatic N) is 1. The summed E-state index contributed by atoms with van der Waals surface area (Å²) in [4.78, 5) is 9.00. The second-order valence-corrected chi connectivity index (χ2v) is 2.80. The maximum Gasteiger partial charge on any atom is 0.300 e. The third kappa shape index (κ3) is 215. The van der Waals surface area contributed by atoms with Gasteiger partial charge in [0.1, 0.15) is 0 Å². The fourth-order valence-electron chi connectivity index (χ4n) is 0.677. The number of carboxylic acid groups (broad SMARTS) is 1. The Morgan fingerprint density at radius 2 is 1.31 bits per heavy atom. The van der Waals surface area contributed by atoms with E-state index in [1.54, 1.807) is 6.07 Å². The van der Waals surface area contributed by atoms with Crippen LogP contribution in [-0.2, 0) is 4.79 Å². The van der Waals surface area contributed by atoms with Gasteiger partial charge < -0.3 is 10.2 Å². The molecule has 2 N–H and O–H groups in total. The normalized spacial score (nSPS) is 6.56. The van der Waals surface area contributed by atoms with Crippen molar-refractivity contribution in [3.63, 3.8) is 0 Å². The zero-order chi connectivity index (χ0) is 13.8. The second-order valence-electron chi connectivity index (χ2n) is 2.80. The van der Waals surface area contributed by atoms with Crippen molar-refractivity contribution >= 4 is 5.97 Å². The molecular weight excluding hydrogens is 206 g/mol. The third-order valence-corrected chi connectivity index (χ3v) is 1.21. The van der Waals surface area contributed by atoms with E-state index in [4.69, 9.17) is 20.3 Å². The van der Waals surface area contributed by atoms with Crippen molar-refractivity contribution in [1.29, 1.82) is 5.26 Å². The first-order chi connectivity index (χ1) is 7.56. The van der Waals surface area contributed by atoms with Gasteiger partial charge in [0.15, 0.2) is 0 Å². The summed E-state index contributed by atoms with van der Waals surface area (Å²) < 4.78 is 0. The number of carbonyl (C=O) groups is 1. The number of hydrogen-bond acceptors (Lipinski definition) is 3. The van der Waals surface area contributed by atoms with E-state index in [1.165, 1.54) is 39.0 Å². The zero-order valence-electron chi connectivity index (χ0n) is 11.3. The molecule has 0 saturated heterocycles. The Hall–Kier alpha value is -1.08. The van der Waals surface area contributed by atoms with Gasteiger partial charge in [-0.05, 0) is 0 Å². The second kappa shape index (κ2) is 37.0. The highest BCUT2D eigenvalue weighted by atomic mass is 16.4. The quantitative estimate of drug-likeness (QED) is 0.730. The largest absolute Gasteiger partial charge is 0.481 e. The van der Waals surface area contributed by atoms with E-state index < -0.39 is 5.97 Å². The van der Waals surface area contributed by atoms with Crippen LogP contribution in [0.1, 0.15) is 59.8 Å². The van der Waals surface area contributed by atoms with E-state index >= 15 is 0 Å². The Balaban J connectivity index is -0.0000000685. The highest BCUT2D eigenvalue weighted by molar-refractivity contribution is 5.62. The molecule has 0 aliphatic rings. The molecule has 0 saturated carbocycles. The minimum absolute atomic E-state index is 0.833. The van der Waals surface area contributed by atoms with Crippen molar-refractivity contribution in [3.8, 4) is 6.07 Å².